The number of amides is 2. The zero-order chi connectivity index (χ0) is 39.0. The van der Waals surface area contributed by atoms with Gasteiger partial charge in [-0.3, -0.25) is 14.4 Å². The predicted molar refractivity (Wildman–Crippen MR) is 204 cm³/mol. The Morgan fingerprint density at radius 1 is 0.679 bits per heavy atom. The van der Waals surface area contributed by atoms with Crippen molar-refractivity contribution >= 4 is 23.9 Å². The van der Waals surface area contributed by atoms with Gasteiger partial charge in [0.2, 0.25) is 5.91 Å². The second kappa shape index (κ2) is 30.0. The van der Waals surface area contributed by atoms with E-state index in [1.807, 2.05) is 36.4 Å². The summed E-state index contributed by atoms with van der Waals surface area (Å²) in [6.07, 6.45) is -0.835. The van der Waals surface area contributed by atoms with Gasteiger partial charge in [-0.15, -0.1) is 0 Å². The third-order valence-electron chi connectivity index (χ3n) is 7.88. The summed E-state index contributed by atoms with van der Waals surface area (Å²) in [7, 11) is 0. The third-order valence-corrected chi connectivity index (χ3v) is 7.88. The number of hydrogen-bond donors (Lipinski definition) is 3. The van der Waals surface area contributed by atoms with Crippen LogP contribution in [-0.2, 0) is 52.3 Å². The number of ether oxygens (including phenoxy) is 8. The molecule has 1 unspecified atom stereocenters. The Morgan fingerprint density at radius 2 is 1.12 bits per heavy atom. The molecule has 3 rings (SSSR count). The van der Waals surface area contributed by atoms with E-state index in [2.05, 4.69) is 22.8 Å². The number of carbonyl (C=O) groups is 4. The van der Waals surface area contributed by atoms with Crippen LogP contribution in [0.3, 0.4) is 0 Å². The molecule has 56 heavy (non-hydrogen) atoms. The molecule has 2 amide bonds. The Morgan fingerprint density at radius 3 is 1.59 bits per heavy atom. The van der Waals surface area contributed by atoms with Crippen molar-refractivity contribution in [1.29, 1.82) is 0 Å². The molecule has 0 spiro atoms. The normalized spacial score (nSPS) is 12.3. The monoisotopic (exact) mass is 908 g/mol. The SMILES string of the molecule is CC(C)(C)OC(=O)CCC(NC(=O)OCC1c2ccccc2-c2ccccc21)C(=O)NCCOCCOCCOCCOCCOCCOCCC(=O)O.[CH3-].[Cs+]. The van der Waals surface area contributed by atoms with E-state index in [1.165, 1.54) is 0 Å². The topological polar surface area (TPSA) is 186 Å². The van der Waals surface area contributed by atoms with Gasteiger partial charge in [0.15, 0.2) is 0 Å². The molecule has 0 radical (unpaired) electrons. The number of hydrogen-bond acceptors (Lipinski definition) is 12. The maximum atomic E-state index is 13.1. The molecule has 16 heteroatoms. The molecule has 1 aliphatic rings. The fraction of sp³-hybridized carbons (Fsp3) is 0.575. The minimum absolute atomic E-state index is 0. The number of benzene rings is 2. The largest absolute Gasteiger partial charge is 1.00 e. The summed E-state index contributed by atoms with van der Waals surface area (Å²) < 4.78 is 43.4. The van der Waals surface area contributed by atoms with Crippen LogP contribution in [0.1, 0.15) is 57.1 Å². The third kappa shape index (κ3) is 21.6. The van der Waals surface area contributed by atoms with Crippen LogP contribution in [0.2, 0.25) is 0 Å². The summed E-state index contributed by atoms with van der Waals surface area (Å²) in [6, 6.07) is 15.0. The van der Waals surface area contributed by atoms with Crippen LogP contribution in [0, 0.1) is 7.43 Å². The van der Waals surface area contributed by atoms with Crippen LogP contribution < -0.4 is 79.5 Å². The Balaban J connectivity index is 0.00000784. The molecule has 3 N–H and O–H groups in total. The standard InChI is InChI=1S/C39H56N2O13.CH3.Cs/c1-39(2,3)54-36(44)13-12-34(41-38(46)53-28-33-31-10-6-4-8-29(31)30-9-5-7-11-32(30)33)37(45)40-15-17-48-19-21-50-23-25-52-27-26-51-24-22-49-20-18-47-16-14-35(42)43;;/h4-11,33-34H,12-28H2,1-3H3,(H,40,45)(H,41,46)(H,42,43);1H3;/q;-1;+1. The van der Waals surface area contributed by atoms with Crippen LogP contribution in [0.15, 0.2) is 48.5 Å². The molecule has 2 aromatic rings. The average Bonchev–Trinajstić information content (AvgIpc) is 3.45. The van der Waals surface area contributed by atoms with Crippen LogP contribution in [0.4, 0.5) is 4.79 Å². The van der Waals surface area contributed by atoms with Crippen molar-refractivity contribution in [3.05, 3.63) is 67.1 Å². The molecule has 0 aromatic heterocycles. The molecule has 0 heterocycles. The van der Waals surface area contributed by atoms with Crippen molar-refractivity contribution in [2.75, 3.05) is 92.4 Å². The quantitative estimate of drug-likeness (QED) is 0.0629. The number of alkyl carbamates (subject to hydrolysis) is 1. The first-order valence-corrected chi connectivity index (χ1v) is 18.3. The van der Waals surface area contributed by atoms with E-state index in [9.17, 15) is 19.2 Å². The maximum absolute atomic E-state index is 13.1. The molecular formula is C40H59CsN2O13. The van der Waals surface area contributed by atoms with Gasteiger partial charge in [-0.05, 0) is 49.4 Å². The van der Waals surface area contributed by atoms with Gasteiger partial charge in [0.25, 0.3) is 0 Å². The van der Waals surface area contributed by atoms with Crippen LogP contribution in [0.25, 0.3) is 11.1 Å². The number of nitrogens with one attached hydrogen (secondary N) is 2. The predicted octanol–water partition coefficient (Wildman–Crippen LogP) is 1.16. The van der Waals surface area contributed by atoms with Crippen molar-refractivity contribution < 1.29 is 131 Å². The molecule has 0 bridgehead atoms. The molecule has 0 aliphatic heterocycles. The molecule has 15 nitrogen and oxygen atoms in total. The van der Waals surface area contributed by atoms with E-state index in [4.69, 9.17) is 43.0 Å². The first-order valence-electron chi connectivity index (χ1n) is 18.3. The fourth-order valence-electron chi connectivity index (χ4n) is 5.44. The minimum Gasteiger partial charge on any atom is -0.481 e. The first kappa shape index (κ1) is 52.0. The van der Waals surface area contributed by atoms with Gasteiger partial charge in [-0.1, -0.05) is 48.5 Å². The van der Waals surface area contributed by atoms with Gasteiger partial charge in [0.05, 0.1) is 85.7 Å². The maximum Gasteiger partial charge on any atom is 1.00 e. The number of carbonyl (C=O) groups excluding carboxylic acids is 3. The smallest absolute Gasteiger partial charge is 0.481 e. The van der Waals surface area contributed by atoms with E-state index >= 15 is 0 Å². The molecule has 0 saturated heterocycles. The minimum atomic E-state index is -1.03. The summed E-state index contributed by atoms with van der Waals surface area (Å²) in [6.45, 7) is 9.71. The van der Waals surface area contributed by atoms with Crippen molar-refractivity contribution in [3.63, 3.8) is 0 Å². The Hall–Kier alpha value is -2.07. The summed E-state index contributed by atoms with van der Waals surface area (Å²) >= 11 is 0. The zero-order valence-electron chi connectivity index (χ0n) is 33.6. The zero-order valence-corrected chi connectivity index (χ0v) is 39.9. The van der Waals surface area contributed by atoms with E-state index < -0.39 is 35.6 Å². The molecule has 1 atom stereocenters. The Kier molecular flexibility index (Phi) is 27.9. The van der Waals surface area contributed by atoms with Crippen LogP contribution in [0.5, 0.6) is 0 Å². The Labute approximate surface area is 389 Å². The number of rotatable bonds is 28. The summed E-state index contributed by atoms with van der Waals surface area (Å²) in [5.41, 5.74) is 3.67. The van der Waals surface area contributed by atoms with Crippen molar-refractivity contribution in [3.8, 4) is 11.1 Å². The van der Waals surface area contributed by atoms with Gasteiger partial charge < -0.3 is 61.1 Å². The van der Waals surface area contributed by atoms with Gasteiger partial charge in [0, 0.05) is 18.9 Å². The summed E-state index contributed by atoms with van der Waals surface area (Å²) in [5, 5.41) is 13.9. The first-order chi connectivity index (χ1) is 26.0. The molecule has 308 valence electrons. The van der Waals surface area contributed by atoms with E-state index in [0.717, 1.165) is 22.3 Å². The molecule has 0 saturated carbocycles. The number of aliphatic carboxylic acids is 1. The van der Waals surface area contributed by atoms with Crippen molar-refractivity contribution in [1.82, 2.24) is 10.6 Å². The van der Waals surface area contributed by atoms with Gasteiger partial charge in [0.1, 0.15) is 18.2 Å². The summed E-state index contributed by atoms with van der Waals surface area (Å²) in [5.74, 6) is -1.98. The number of carboxylic acid groups (broad SMARTS) is 1. The van der Waals surface area contributed by atoms with Gasteiger partial charge in [-0.25, -0.2) is 4.79 Å². The number of carboxylic acids is 1. The van der Waals surface area contributed by atoms with Crippen molar-refractivity contribution in [2.24, 2.45) is 0 Å². The van der Waals surface area contributed by atoms with E-state index in [-0.39, 0.29) is 128 Å². The second-order valence-electron chi connectivity index (χ2n) is 13.3. The molecular weight excluding hydrogens is 849 g/mol. The van der Waals surface area contributed by atoms with Crippen molar-refractivity contribution in [2.45, 2.75) is 57.6 Å². The fourth-order valence-corrected chi connectivity index (χ4v) is 5.44. The Bertz CT molecular complexity index is 1390. The van der Waals surface area contributed by atoms with E-state index in [1.54, 1.807) is 20.8 Å². The van der Waals surface area contributed by atoms with Gasteiger partial charge in [-0.2, -0.15) is 0 Å². The number of fused-ring (bicyclic) bond motifs is 3. The average molecular weight is 909 g/mol. The molecule has 1 aliphatic carbocycles. The van der Waals surface area contributed by atoms with Crippen LogP contribution >= 0.6 is 0 Å². The van der Waals surface area contributed by atoms with Crippen LogP contribution in [-0.4, -0.2) is 133 Å². The number of esters is 1. The van der Waals surface area contributed by atoms with Gasteiger partial charge >= 0.3 is 86.9 Å². The van der Waals surface area contributed by atoms with E-state index in [0.29, 0.717) is 66.1 Å². The molecule has 2 aromatic carbocycles. The second-order valence-corrected chi connectivity index (χ2v) is 13.3. The summed E-state index contributed by atoms with van der Waals surface area (Å²) in [4.78, 5) is 48.9. The molecule has 0 fully saturated rings.